The molecular weight excluding hydrogens is 444 g/mol. The zero-order chi connectivity index (χ0) is 24.8. The summed E-state index contributed by atoms with van der Waals surface area (Å²) in [7, 11) is 0. The highest BCUT2D eigenvalue weighted by atomic mass is 14.2. The van der Waals surface area contributed by atoms with Crippen molar-refractivity contribution in [3.8, 4) is 33.4 Å². The molecule has 0 saturated heterocycles. The first kappa shape index (κ1) is 21.6. The minimum Gasteiger partial charge on any atom is -0.0622 e. The average Bonchev–Trinajstić information content (AvgIpc) is 2.96. The van der Waals surface area contributed by atoms with E-state index in [1.807, 2.05) is 0 Å². The largest absolute Gasteiger partial charge is 0.0622 e. The summed E-state index contributed by atoms with van der Waals surface area (Å²) in [6.07, 6.45) is 0. The van der Waals surface area contributed by atoms with E-state index in [1.165, 1.54) is 71.3 Å². The van der Waals surface area contributed by atoms with E-state index < -0.39 is 0 Å². The lowest BCUT2D eigenvalue weighted by molar-refractivity contribution is 1.47. The van der Waals surface area contributed by atoms with Gasteiger partial charge in [0.25, 0.3) is 0 Å². The predicted molar refractivity (Wildman–Crippen MR) is 160 cm³/mol. The number of benzene rings is 7. The molecule has 0 heteroatoms. The molecule has 0 nitrogen and oxygen atoms in total. The molecule has 0 N–H and O–H groups in total. The molecule has 37 heavy (non-hydrogen) atoms. The van der Waals surface area contributed by atoms with Gasteiger partial charge in [0, 0.05) is 0 Å². The van der Waals surface area contributed by atoms with Gasteiger partial charge in [-0.25, -0.2) is 0 Å². The maximum atomic E-state index is 2.39. The van der Waals surface area contributed by atoms with Gasteiger partial charge in [-0.05, 0) is 78.7 Å². The second-order valence-corrected chi connectivity index (χ2v) is 9.81. The van der Waals surface area contributed by atoms with Gasteiger partial charge in [-0.3, -0.25) is 0 Å². The second kappa shape index (κ2) is 8.76. The Balaban J connectivity index is 1.56. The molecule has 0 spiro atoms. The summed E-state index contributed by atoms with van der Waals surface area (Å²) in [4.78, 5) is 0. The van der Waals surface area contributed by atoms with Crippen LogP contribution in [0.25, 0.3) is 65.7 Å². The van der Waals surface area contributed by atoms with E-state index in [1.54, 1.807) is 0 Å². The molecule has 0 saturated carbocycles. The van der Waals surface area contributed by atoms with Crippen LogP contribution in [0.2, 0.25) is 0 Å². The van der Waals surface area contributed by atoms with Crippen LogP contribution in [-0.2, 0) is 0 Å². The fourth-order valence-corrected chi connectivity index (χ4v) is 5.77. The fraction of sp³-hybridized carbons (Fsp3) is 0.0270. The van der Waals surface area contributed by atoms with Crippen molar-refractivity contribution in [3.05, 3.63) is 145 Å². The number of aryl methyl sites for hydroxylation is 1. The second-order valence-electron chi connectivity index (χ2n) is 9.81. The predicted octanol–water partition coefficient (Wildman–Crippen LogP) is 10.5. The fourth-order valence-electron chi connectivity index (χ4n) is 5.77. The SMILES string of the molecule is Cc1ccc(-c2cccc3ccc(-c4c5ccccc5c(-c5ccccc5)c5ccccc45)cc23)cc1. The zero-order valence-corrected chi connectivity index (χ0v) is 20.8. The van der Waals surface area contributed by atoms with Crippen LogP contribution in [0.4, 0.5) is 0 Å². The molecule has 0 bridgehead atoms. The normalized spacial score (nSPS) is 11.4. The van der Waals surface area contributed by atoms with Gasteiger partial charge >= 0.3 is 0 Å². The minimum absolute atomic E-state index is 1.25. The maximum absolute atomic E-state index is 2.39. The lowest BCUT2D eigenvalue weighted by Gasteiger charge is -2.18. The van der Waals surface area contributed by atoms with E-state index in [4.69, 9.17) is 0 Å². The quantitative estimate of drug-likeness (QED) is 0.225. The van der Waals surface area contributed by atoms with Gasteiger partial charge in [0.15, 0.2) is 0 Å². The topological polar surface area (TPSA) is 0 Å². The Hall–Kier alpha value is -4.68. The lowest BCUT2D eigenvalue weighted by Crippen LogP contribution is -1.91. The Bertz CT molecular complexity index is 1850. The van der Waals surface area contributed by atoms with Crippen LogP contribution in [0.1, 0.15) is 5.56 Å². The molecular formula is C37H26. The number of rotatable bonds is 3. The molecule has 0 radical (unpaired) electrons. The van der Waals surface area contributed by atoms with Crippen LogP contribution < -0.4 is 0 Å². The van der Waals surface area contributed by atoms with Crippen molar-refractivity contribution in [2.24, 2.45) is 0 Å². The highest BCUT2D eigenvalue weighted by Gasteiger charge is 2.17. The molecule has 0 aliphatic carbocycles. The van der Waals surface area contributed by atoms with Crippen LogP contribution in [-0.4, -0.2) is 0 Å². The Morgan fingerprint density at radius 3 is 1.51 bits per heavy atom. The van der Waals surface area contributed by atoms with Crippen LogP contribution in [0.3, 0.4) is 0 Å². The van der Waals surface area contributed by atoms with Crippen LogP contribution in [0.15, 0.2) is 140 Å². The van der Waals surface area contributed by atoms with Crippen LogP contribution in [0, 0.1) is 6.92 Å². The summed E-state index contributed by atoms with van der Waals surface area (Å²) in [6, 6.07) is 50.9. The molecule has 0 fully saturated rings. The number of fused-ring (bicyclic) bond motifs is 3. The standard InChI is InChI=1S/C37H26/c1-25-18-20-27(21-19-25)30-17-9-12-26-22-23-29(24-35(26)30)37-33-15-7-5-13-31(33)36(28-10-3-2-4-11-28)32-14-6-8-16-34(32)37/h2-24H,1H3. The molecule has 0 atom stereocenters. The maximum Gasteiger partial charge on any atom is -0.00261 e. The zero-order valence-electron chi connectivity index (χ0n) is 20.8. The summed E-state index contributed by atoms with van der Waals surface area (Å²) in [6.45, 7) is 2.14. The van der Waals surface area contributed by atoms with Crippen molar-refractivity contribution in [2.45, 2.75) is 6.92 Å². The third-order valence-corrected chi connectivity index (χ3v) is 7.53. The van der Waals surface area contributed by atoms with Crippen molar-refractivity contribution >= 4 is 32.3 Å². The van der Waals surface area contributed by atoms with Crippen molar-refractivity contribution in [1.82, 2.24) is 0 Å². The highest BCUT2D eigenvalue weighted by molar-refractivity contribution is 6.21. The summed E-state index contributed by atoms with van der Waals surface area (Å²) < 4.78 is 0. The Kier molecular flexibility index (Phi) is 5.11. The van der Waals surface area contributed by atoms with E-state index in [-0.39, 0.29) is 0 Å². The van der Waals surface area contributed by atoms with Gasteiger partial charge in [-0.2, -0.15) is 0 Å². The molecule has 174 valence electrons. The molecule has 0 heterocycles. The third kappa shape index (κ3) is 3.61. The Morgan fingerprint density at radius 1 is 0.351 bits per heavy atom. The summed E-state index contributed by atoms with van der Waals surface area (Å²) in [5.74, 6) is 0. The highest BCUT2D eigenvalue weighted by Crippen LogP contribution is 2.44. The first-order chi connectivity index (χ1) is 18.3. The molecule has 0 aliphatic heterocycles. The number of hydrogen-bond acceptors (Lipinski definition) is 0. The summed E-state index contributed by atoms with van der Waals surface area (Å²) in [5, 5.41) is 7.68. The third-order valence-electron chi connectivity index (χ3n) is 7.53. The average molecular weight is 471 g/mol. The van der Waals surface area contributed by atoms with Crippen molar-refractivity contribution < 1.29 is 0 Å². The molecule has 0 unspecified atom stereocenters. The molecule has 7 rings (SSSR count). The molecule has 7 aromatic rings. The van der Waals surface area contributed by atoms with Crippen LogP contribution >= 0.6 is 0 Å². The smallest absolute Gasteiger partial charge is 0.00261 e. The number of hydrogen-bond donors (Lipinski definition) is 0. The monoisotopic (exact) mass is 470 g/mol. The summed E-state index contributed by atoms with van der Waals surface area (Å²) >= 11 is 0. The van der Waals surface area contributed by atoms with Crippen molar-refractivity contribution in [1.29, 1.82) is 0 Å². The molecule has 7 aromatic carbocycles. The first-order valence-corrected chi connectivity index (χ1v) is 12.9. The minimum atomic E-state index is 1.25. The summed E-state index contributed by atoms with van der Waals surface area (Å²) in [5.41, 5.74) is 8.90. The van der Waals surface area contributed by atoms with Gasteiger partial charge in [0.2, 0.25) is 0 Å². The Morgan fingerprint density at radius 2 is 0.892 bits per heavy atom. The van der Waals surface area contributed by atoms with E-state index in [9.17, 15) is 0 Å². The van der Waals surface area contributed by atoms with E-state index >= 15 is 0 Å². The van der Waals surface area contributed by atoms with Gasteiger partial charge in [-0.1, -0.05) is 139 Å². The van der Waals surface area contributed by atoms with Gasteiger partial charge in [-0.15, -0.1) is 0 Å². The van der Waals surface area contributed by atoms with Crippen LogP contribution in [0.5, 0.6) is 0 Å². The Labute approximate surface area is 217 Å². The van der Waals surface area contributed by atoms with Gasteiger partial charge < -0.3 is 0 Å². The van der Waals surface area contributed by atoms with E-state index in [0.29, 0.717) is 0 Å². The van der Waals surface area contributed by atoms with Crippen molar-refractivity contribution in [2.75, 3.05) is 0 Å². The van der Waals surface area contributed by atoms with Gasteiger partial charge in [0.1, 0.15) is 0 Å². The van der Waals surface area contributed by atoms with Gasteiger partial charge in [0.05, 0.1) is 0 Å². The molecule has 0 aromatic heterocycles. The lowest BCUT2D eigenvalue weighted by atomic mass is 9.85. The van der Waals surface area contributed by atoms with E-state index in [2.05, 4.69) is 146 Å². The first-order valence-electron chi connectivity index (χ1n) is 12.9. The molecule has 0 aliphatic rings. The molecule has 0 amide bonds. The van der Waals surface area contributed by atoms with E-state index in [0.717, 1.165) is 0 Å². The van der Waals surface area contributed by atoms with Crippen molar-refractivity contribution in [3.63, 3.8) is 0 Å².